The van der Waals surface area contributed by atoms with Crippen molar-refractivity contribution in [2.45, 2.75) is 51.6 Å². The molecule has 0 saturated carbocycles. The molecule has 2 N–H and O–H groups in total. The molecule has 4 atom stereocenters. The number of carbonyl (C=O) groups is 2. The average molecular weight is 268 g/mol. The fourth-order valence-corrected chi connectivity index (χ4v) is 3.34. The van der Waals surface area contributed by atoms with Crippen molar-refractivity contribution in [3.63, 3.8) is 0 Å². The van der Waals surface area contributed by atoms with Crippen molar-refractivity contribution < 1.29 is 14.7 Å². The van der Waals surface area contributed by atoms with Crippen LogP contribution >= 0.6 is 0 Å². The van der Waals surface area contributed by atoms with Gasteiger partial charge in [0.2, 0.25) is 5.91 Å². The van der Waals surface area contributed by atoms with E-state index in [2.05, 4.69) is 12.2 Å². The minimum atomic E-state index is -0.786. The van der Waals surface area contributed by atoms with E-state index in [0.717, 1.165) is 25.8 Å². The first-order valence-electron chi connectivity index (χ1n) is 7.31. The number of piperidine rings is 1. The highest BCUT2D eigenvalue weighted by Gasteiger charge is 2.40. The van der Waals surface area contributed by atoms with E-state index >= 15 is 0 Å². The molecule has 5 nitrogen and oxygen atoms in total. The first kappa shape index (κ1) is 14.3. The molecule has 4 unspecified atom stereocenters. The number of hydrogen-bond acceptors (Lipinski definition) is 3. The monoisotopic (exact) mass is 268 g/mol. The maximum Gasteiger partial charge on any atom is 0.308 e. The van der Waals surface area contributed by atoms with Gasteiger partial charge in [0, 0.05) is 12.6 Å². The van der Waals surface area contributed by atoms with Crippen LogP contribution in [-0.2, 0) is 9.59 Å². The molecule has 2 aliphatic heterocycles. The van der Waals surface area contributed by atoms with Crippen LogP contribution in [0, 0.1) is 11.8 Å². The molecule has 0 aromatic heterocycles. The molecule has 2 saturated heterocycles. The molecule has 2 heterocycles. The van der Waals surface area contributed by atoms with Gasteiger partial charge in [-0.05, 0) is 38.6 Å². The van der Waals surface area contributed by atoms with Crippen LogP contribution in [0.15, 0.2) is 0 Å². The molecule has 19 heavy (non-hydrogen) atoms. The van der Waals surface area contributed by atoms with Crippen molar-refractivity contribution in [3.05, 3.63) is 0 Å². The minimum absolute atomic E-state index is 0.0920. The summed E-state index contributed by atoms with van der Waals surface area (Å²) in [6, 6.07) is -0.303. The molecule has 0 radical (unpaired) electrons. The van der Waals surface area contributed by atoms with Gasteiger partial charge in [-0.25, -0.2) is 0 Å². The molecule has 2 rings (SSSR count). The molecule has 0 aromatic rings. The summed E-state index contributed by atoms with van der Waals surface area (Å²) in [7, 11) is 0. The Morgan fingerprint density at radius 2 is 2.11 bits per heavy atom. The number of carboxylic acid groups (broad SMARTS) is 1. The van der Waals surface area contributed by atoms with E-state index in [-0.39, 0.29) is 18.0 Å². The Bertz CT molecular complexity index is 359. The average Bonchev–Trinajstić information content (AvgIpc) is 2.80. The molecular weight excluding hydrogens is 244 g/mol. The van der Waals surface area contributed by atoms with Gasteiger partial charge >= 0.3 is 5.97 Å². The maximum absolute atomic E-state index is 12.5. The predicted octanol–water partition coefficient (Wildman–Crippen LogP) is 1.09. The van der Waals surface area contributed by atoms with Crippen LogP contribution in [0.1, 0.15) is 39.5 Å². The number of nitrogens with one attached hydrogen (secondary N) is 1. The van der Waals surface area contributed by atoms with Crippen LogP contribution in [0.2, 0.25) is 0 Å². The zero-order chi connectivity index (χ0) is 14.0. The van der Waals surface area contributed by atoms with Crippen molar-refractivity contribution in [3.8, 4) is 0 Å². The highest BCUT2D eigenvalue weighted by Crippen LogP contribution is 2.27. The summed E-state index contributed by atoms with van der Waals surface area (Å²) in [4.78, 5) is 25.4. The second kappa shape index (κ2) is 5.90. The standard InChI is InChI=1S/C14H24N2O3/c1-3-10-4-6-15-12(8-10)13(17)16-7-5-11(9(16)2)14(18)19/h9-12,15H,3-8H2,1-2H3,(H,18,19). The topological polar surface area (TPSA) is 69.6 Å². The molecule has 2 aliphatic rings. The van der Waals surface area contributed by atoms with E-state index in [1.54, 1.807) is 4.90 Å². The van der Waals surface area contributed by atoms with E-state index < -0.39 is 11.9 Å². The smallest absolute Gasteiger partial charge is 0.308 e. The van der Waals surface area contributed by atoms with Gasteiger partial charge in [0.15, 0.2) is 0 Å². The zero-order valence-electron chi connectivity index (χ0n) is 11.8. The van der Waals surface area contributed by atoms with Crippen LogP contribution in [0.3, 0.4) is 0 Å². The van der Waals surface area contributed by atoms with Crippen LogP contribution in [0.4, 0.5) is 0 Å². The summed E-state index contributed by atoms with van der Waals surface area (Å²) in [5.41, 5.74) is 0. The van der Waals surface area contributed by atoms with E-state index in [9.17, 15) is 9.59 Å². The Labute approximate surface area is 114 Å². The van der Waals surface area contributed by atoms with Crippen LogP contribution in [0.5, 0.6) is 0 Å². The summed E-state index contributed by atoms with van der Waals surface area (Å²) < 4.78 is 0. The molecule has 1 amide bonds. The second-order valence-corrected chi connectivity index (χ2v) is 5.81. The van der Waals surface area contributed by atoms with Crippen LogP contribution < -0.4 is 5.32 Å². The number of rotatable bonds is 3. The number of carbonyl (C=O) groups excluding carboxylic acids is 1. The van der Waals surface area contributed by atoms with Gasteiger partial charge in [-0.15, -0.1) is 0 Å². The number of carboxylic acids is 1. The Morgan fingerprint density at radius 1 is 1.37 bits per heavy atom. The quantitative estimate of drug-likeness (QED) is 0.804. The summed E-state index contributed by atoms with van der Waals surface area (Å²) in [6.07, 6.45) is 3.70. The number of hydrogen-bond donors (Lipinski definition) is 2. The molecule has 0 bridgehead atoms. The van der Waals surface area contributed by atoms with Crippen LogP contribution in [0.25, 0.3) is 0 Å². The number of amides is 1. The van der Waals surface area contributed by atoms with Gasteiger partial charge in [-0.2, -0.15) is 0 Å². The van der Waals surface area contributed by atoms with Gasteiger partial charge in [0.25, 0.3) is 0 Å². The fourth-order valence-electron chi connectivity index (χ4n) is 3.34. The lowest BCUT2D eigenvalue weighted by atomic mass is 9.89. The van der Waals surface area contributed by atoms with Crippen LogP contribution in [-0.4, -0.2) is 47.1 Å². The molecule has 0 aliphatic carbocycles. The molecule has 108 valence electrons. The summed E-state index contributed by atoms with van der Waals surface area (Å²) in [6.45, 7) is 5.48. The van der Waals surface area contributed by atoms with Gasteiger partial charge in [-0.3, -0.25) is 9.59 Å². The Balaban J connectivity index is 1.98. The Morgan fingerprint density at radius 3 is 2.68 bits per heavy atom. The van der Waals surface area contributed by atoms with Crippen molar-refractivity contribution >= 4 is 11.9 Å². The number of likely N-dealkylation sites (tertiary alicyclic amines) is 1. The van der Waals surface area contributed by atoms with Crippen molar-refractivity contribution in [1.82, 2.24) is 10.2 Å². The third kappa shape index (κ3) is 2.91. The lowest BCUT2D eigenvalue weighted by Crippen LogP contribution is -2.51. The number of aliphatic carboxylic acids is 1. The highest BCUT2D eigenvalue weighted by molar-refractivity contribution is 5.84. The summed E-state index contributed by atoms with van der Waals surface area (Å²) >= 11 is 0. The van der Waals surface area contributed by atoms with E-state index in [1.165, 1.54) is 0 Å². The third-order valence-electron chi connectivity index (χ3n) is 4.74. The SMILES string of the molecule is CCC1CCNC(C(=O)N2CCC(C(=O)O)C2C)C1. The zero-order valence-corrected chi connectivity index (χ0v) is 11.8. The second-order valence-electron chi connectivity index (χ2n) is 5.81. The lowest BCUT2D eigenvalue weighted by Gasteiger charge is -2.33. The normalized spacial score (nSPS) is 35.4. The van der Waals surface area contributed by atoms with Gasteiger partial charge in [0.05, 0.1) is 12.0 Å². The van der Waals surface area contributed by atoms with Gasteiger partial charge in [0.1, 0.15) is 0 Å². The molecule has 5 heteroatoms. The maximum atomic E-state index is 12.5. The van der Waals surface area contributed by atoms with Gasteiger partial charge in [-0.1, -0.05) is 13.3 Å². The minimum Gasteiger partial charge on any atom is -0.481 e. The first-order valence-corrected chi connectivity index (χ1v) is 7.31. The highest BCUT2D eigenvalue weighted by atomic mass is 16.4. The van der Waals surface area contributed by atoms with Gasteiger partial charge < -0.3 is 15.3 Å². The van der Waals surface area contributed by atoms with E-state index in [4.69, 9.17) is 5.11 Å². The lowest BCUT2D eigenvalue weighted by molar-refractivity contribution is -0.143. The largest absolute Gasteiger partial charge is 0.481 e. The van der Waals surface area contributed by atoms with E-state index in [1.807, 2.05) is 6.92 Å². The molecule has 2 fully saturated rings. The first-order chi connectivity index (χ1) is 9.04. The van der Waals surface area contributed by atoms with Crippen molar-refractivity contribution in [2.24, 2.45) is 11.8 Å². The van der Waals surface area contributed by atoms with Crippen molar-refractivity contribution in [2.75, 3.05) is 13.1 Å². The molecule has 0 spiro atoms. The van der Waals surface area contributed by atoms with E-state index in [0.29, 0.717) is 18.9 Å². The molecule has 0 aromatic carbocycles. The number of nitrogens with zero attached hydrogens (tertiary/aromatic N) is 1. The van der Waals surface area contributed by atoms with Crippen molar-refractivity contribution in [1.29, 1.82) is 0 Å². The fraction of sp³-hybridized carbons (Fsp3) is 0.857. The molecular formula is C14H24N2O3. The third-order valence-corrected chi connectivity index (χ3v) is 4.74. The Hall–Kier alpha value is -1.10. The summed E-state index contributed by atoms with van der Waals surface area (Å²) in [5.74, 6) is -0.488. The summed E-state index contributed by atoms with van der Waals surface area (Å²) in [5, 5.41) is 12.4. The Kier molecular flexibility index (Phi) is 4.45. The predicted molar refractivity (Wildman–Crippen MR) is 71.7 cm³/mol.